The summed E-state index contributed by atoms with van der Waals surface area (Å²) in [5, 5.41) is 22.5. The first-order valence-electron chi connectivity index (χ1n) is 14.4. The molecule has 1 aliphatic rings. The summed E-state index contributed by atoms with van der Waals surface area (Å²) in [6.07, 6.45) is 1.23. The van der Waals surface area contributed by atoms with Gasteiger partial charge >= 0.3 is 0 Å². The predicted octanol–water partition coefficient (Wildman–Crippen LogP) is -2.83. The number of benzene rings is 1. The van der Waals surface area contributed by atoms with Crippen LogP contribution in [-0.4, -0.2) is 90.2 Å². The summed E-state index contributed by atoms with van der Waals surface area (Å²) in [7, 11) is 0. The summed E-state index contributed by atoms with van der Waals surface area (Å²) >= 11 is 0. The number of rotatable bonds is 12. The van der Waals surface area contributed by atoms with Crippen LogP contribution in [0.1, 0.15) is 51.0 Å². The molecule has 44 heavy (non-hydrogen) atoms. The number of carbonyl (C=O) groups is 6. The summed E-state index contributed by atoms with van der Waals surface area (Å²) in [5.41, 5.74) is 16.9. The lowest BCUT2D eigenvalue weighted by Gasteiger charge is -2.26. The molecule has 16 heteroatoms. The molecule has 0 saturated carbocycles. The Morgan fingerprint density at radius 1 is 0.818 bits per heavy atom. The number of nitrogens with one attached hydrogen (secondary N) is 5. The number of hydrogen-bond acceptors (Lipinski definition) is 9. The van der Waals surface area contributed by atoms with E-state index in [0.717, 1.165) is 0 Å². The fourth-order valence-electron chi connectivity index (χ4n) is 4.46. The van der Waals surface area contributed by atoms with E-state index >= 15 is 0 Å². The van der Waals surface area contributed by atoms with Crippen LogP contribution in [0.25, 0.3) is 0 Å². The van der Waals surface area contributed by atoms with Crippen molar-refractivity contribution in [2.75, 3.05) is 19.6 Å². The number of aliphatic imine (C=N–C) groups is 1. The topological polar surface area (TPSA) is 273 Å². The number of unbranched alkanes of at least 4 members (excludes halogenated alkanes) is 1. The number of nitrogens with zero attached hydrogens (tertiary/aromatic N) is 1. The molecule has 1 saturated heterocycles. The number of hydrogen-bond donors (Lipinski definition) is 9. The van der Waals surface area contributed by atoms with Gasteiger partial charge in [-0.1, -0.05) is 12.1 Å². The summed E-state index contributed by atoms with van der Waals surface area (Å²) in [5.74, 6) is -4.15. The standard InChI is InChI=1S/C28H43N9O7/c1-16(38)13-21-26(43)37-22(14-17-7-9-18(39)10-8-17)27(44)36-20(5-2-3-11-29)25(42)35-19(6-4-12-32-28(30)31)24(41)33-15-23(40)34-21/h7-10,19-22,39H,2-6,11-15,29H2,1H3,(H,33,41)(H,34,40)(H,35,42)(H,36,44)(H,37,43)(H4,30,31,32)/t19-,20-,21-,22+/m0/s1. The lowest BCUT2D eigenvalue weighted by molar-refractivity contribution is -0.134. The van der Waals surface area contributed by atoms with Crippen LogP contribution in [0.15, 0.2) is 29.3 Å². The normalized spacial score (nSPS) is 21.8. The zero-order chi connectivity index (χ0) is 32.6. The largest absolute Gasteiger partial charge is 0.508 e. The zero-order valence-electron chi connectivity index (χ0n) is 24.8. The van der Waals surface area contributed by atoms with Crippen molar-refractivity contribution >= 4 is 41.3 Å². The third-order valence-corrected chi connectivity index (χ3v) is 6.73. The lowest BCUT2D eigenvalue weighted by Crippen LogP contribution is -2.58. The highest BCUT2D eigenvalue weighted by Gasteiger charge is 2.32. The number of amides is 5. The van der Waals surface area contributed by atoms with E-state index in [4.69, 9.17) is 17.2 Å². The third-order valence-electron chi connectivity index (χ3n) is 6.73. The van der Waals surface area contributed by atoms with E-state index in [1.165, 1.54) is 19.1 Å². The van der Waals surface area contributed by atoms with E-state index in [1.807, 2.05) is 0 Å². The molecule has 2 rings (SSSR count). The van der Waals surface area contributed by atoms with Crippen LogP contribution in [0, 0.1) is 0 Å². The van der Waals surface area contributed by atoms with Gasteiger partial charge in [0.15, 0.2) is 5.96 Å². The smallest absolute Gasteiger partial charge is 0.243 e. The number of aromatic hydroxyl groups is 1. The second-order valence-corrected chi connectivity index (χ2v) is 10.5. The van der Waals surface area contributed by atoms with Gasteiger partial charge in [0, 0.05) is 19.4 Å². The number of Topliss-reactive ketones (excluding diaryl/α,β-unsaturated/α-hetero) is 1. The van der Waals surface area contributed by atoms with Crippen molar-refractivity contribution in [3.63, 3.8) is 0 Å². The van der Waals surface area contributed by atoms with Gasteiger partial charge in [0.05, 0.1) is 6.54 Å². The van der Waals surface area contributed by atoms with Crippen LogP contribution in [0.4, 0.5) is 0 Å². The molecule has 1 aromatic carbocycles. The summed E-state index contributed by atoms with van der Waals surface area (Å²) in [6, 6.07) is 1.19. The predicted molar refractivity (Wildman–Crippen MR) is 161 cm³/mol. The number of phenolic OH excluding ortho intramolecular Hbond substituents is 1. The highest BCUT2D eigenvalue weighted by atomic mass is 16.3. The first kappa shape index (κ1) is 35.5. The van der Waals surface area contributed by atoms with Gasteiger partial charge in [0.1, 0.15) is 35.7 Å². The van der Waals surface area contributed by atoms with Crippen molar-refractivity contribution in [3.8, 4) is 5.75 Å². The first-order valence-corrected chi connectivity index (χ1v) is 14.4. The second-order valence-electron chi connectivity index (χ2n) is 10.5. The Bertz CT molecular complexity index is 1200. The van der Waals surface area contributed by atoms with Crippen molar-refractivity contribution in [3.05, 3.63) is 29.8 Å². The second kappa shape index (κ2) is 18.0. The van der Waals surface area contributed by atoms with Gasteiger partial charge in [-0.25, -0.2) is 0 Å². The molecular weight excluding hydrogens is 574 g/mol. The molecule has 0 spiro atoms. The average Bonchev–Trinajstić information content (AvgIpc) is 2.96. The van der Waals surface area contributed by atoms with Gasteiger partial charge < -0.3 is 48.9 Å². The molecule has 12 N–H and O–H groups in total. The lowest BCUT2D eigenvalue weighted by atomic mass is 10.0. The molecule has 0 unspecified atom stereocenters. The van der Waals surface area contributed by atoms with Gasteiger partial charge in [-0.05, 0) is 63.3 Å². The van der Waals surface area contributed by atoms with Crippen molar-refractivity contribution in [2.45, 2.75) is 76.0 Å². The number of nitrogens with two attached hydrogens (primary N) is 3. The van der Waals surface area contributed by atoms with E-state index in [-0.39, 0.29) is 43.9 Å². The maximum atomic E-state index is 13.6. The maximum Gasteiger partial charge on any atom is 0.243 e. The van der Waals surface area contributed by atoms with Crippen molar-refractivity contribution in [2.24, 2.45) is 22.2 Å². The molecule has 0 aromatic heterocycles. The Morgan fingerprint density at radius 3 is 2.00 bits per heavy atom. The van der Waals surface area contributed by atoms with Gasteiger partial charge in [0.2, 0.25) is 29.5 Å². The van der Waals surface area contributed by atoms with Gasteiger partial charge in [-0.15, -0.1) is 0 Å². The average molecular weight is 618 g/mol. The first-order chi connectivity index (χ1) is 20.9. The molecule has 0 aliphatic carbocycles. The molecule has 1 heterocycles. The van der Waals surface area contributed by atoms with Gasteiger partial charge in [-0.3, -0.25) is 33.8 Å². The van der Waals surface area contributed by atoms with Crippen molar-refractivity contribution < 1.29 is 33.9 Å². The highest BCUT2D eigenvalue weighted by Crippen LogP contribution is 2.13. The molecule has 1 aromatic rings. The van der Waals surface area contributed by atoms with Gasteiger partial charge in [0.25, 0.3) is 0 Å². The van der Waals surface area contributed by atoms with E-state index in [2.05, 4.69) is 31.6 Å². The molecular formula is C28H43N9O7. The molecule has 242 valence electrons. The number of phenols is 1. The number of ketones is 1. The Labute approximate surface area is 255 Å². The summed E-state index contributed by atoms with van der Waals surface area (Å²) in [4.78, 5) is 82.0. The minimum absolute atomic E-state index is 0.00110. The molecule has 0 radical (unpaired) electrons. The number of guanidine groups is 1. The third kappa shape index (κ3) is 12.6. The van der Waals surface area contributed by atoms with Crippen LogP contribution in [0.5, 0.6) is 5.75 Å². The van der Waals surface area contributed by atoms with Crippen LogP contribution >= 0.6 is 0 Å². The van der Waals surface area contributed by atoms with E-state index in [9.17, 15) is 33.9 Å². The van der Waals surface area contributed by atoms with E-state index in [1.54, 1.807) is 12.1 Å². The van der Waals surface area contributed by atoms with Crippen LogP contribution < -0.4 is 43.8 Å². The highest BCUT2D eigenvalue weighted by molar-refractivity contribution is 5.98. The summed E-state index contributed by atoms with van der Waals surface area (Å²) in [6.45, 7) is 1.23. The molecule has 4 atom stereocenters. The molecule has 1 fully saturated rings. The maximum absolute atomic E-state index is 13.6. The Hall–Kier alpha value is -4.73. The monoisotopic (exact) mass is 617 g/mol. The van der Waals surface area contributed by atoms with Crippen LogP contribution in [0.3, 0.4) is 0 Å². The van der Waals surface area contributed by atoms with Crippen LogP contribution in [-0.2, 0) is 35.2 Å². The SMILES string of the molecule is CC(=O)C[C@@H]1NC(=O)CNC(=O)[C@H](CCCN=C(N)N)NC(=O)[C@H](CCCCN)NC(=O)[C@@H](Cc2ccc(O)cc2)NC1=O. The Kier molecular flexibility index (Phi) is 14.5. The van der Waals surface area contributed by atoms with Crippen molar-refractivity contribution in [1.82, 2.24) is 26.6 Å². The zero-order valence-corrected chi connectivity index (χ0v) is 24.8. The Balaban J connectivity index is 2.45. The number of carbonyl (C=O) groups excluding carboxylic acids is 6. The Morgan fingerprint density at radius 2 is 1.39 bits per heavy atom. The van der Waals surface area contributed by atoms with E-state index < -0.39 is 66.0 Å². The molecule has 5 amide bonds. The fourth-order valence-corrected chi connectivity index (χ4v) is 4.46. The fraction of sp³-hybridized carbons (Fsp3) is 0.536. The van der Waals surface area contributed by atoms with E-state index in [0.29, 0.717) is 31.4 Å². The van der Waals surface area contributed by atoms with Crippen molar-refractivity contribution in [1.29, 1.82) is 0 Å². The summed E-state index contributed by atoms with van der Waals surface area (Å²) < 4.78 is 0. The minimum Gasteiger partial charge on any atom is -0.508 e. The van der Waals surface area contributed by atoms with Gasteiger partial charge in [-0.2, -0.15) is 0 Å². The molecule has 0 bridgehead atoms. The van der Waals surface area contributed by atoms with Crippen LogP contribution in [0.2, 0.25) is 0 Å². The molecule has 16 nitrogen and oxygen atoms in total. The quantitative estimate of drug-likeness (QED) is 0.0658. The molecule has 1 aliphatic heterocycles. The minimum atomic E-state index is -1.34.